The fourth-order valence-electron chi connectivity index (χ4n) is 4.67. The van der Waals surface area contributed by atoms with Crippen molar-refractivity contribution in [2.45, 2.75) is 36.4 Å². The Labute approximate surface area is 230 Å². The van der Waals surface area contributed by atoms with E-state index in [1.807, 2.05) is 13.0 Å². The van der Waals surface area contributed by atoms with Gasteiger partial charge >= 0.3 is 6.18 Å². The average Bonchev–Trinajstić information content (AvgIpc) is 3.18. The SMILES string of the molecule is Cc1ccc(C(Cc2ccccc2)(NS(=O)(=O)c2ccc3c(c2)OCCCO3)c2cccc(C(F)(F)F)c2)nc1. The number of rotatable bonds is 7. The first-order chi connectivity index (χ1) is 19.1. The first-order valence-electron chi connectivity index (χ1n) is 12.7. The van der Waals surface area contributed by atoms with Crippen molar-refractivity contribution in [2.24, 2.45) is 0 Å². The second kappa shape index (κ2) is 10.9. The zero-order valence-electron chi connectivity index (χ0n) is 21.6. The topological polar surface area (TPSA) is 77.5 Å². The molecule has 1 aliphatic heterocycles. The van der Waals surface area contributed by atoms with Gasteiger partial charge in [-0.1, -0.05) is 48.5 Å². The summed E-state index contributed by atoms with van der Waals surface area (Å²) < 4.78 is 83.8. The normalized spacial score (nSPS) is 15.2. The Bertz CT molecular complexity index is 1590. The Hall–Kier alpha value is -3.89. The third-order valence-electron chi connectivity index (χ3n) is 6.68. The molecule has 0 radical (unpaired) electrons. The number of alkyl halides is 3. The van der Waals surface area contributed by atoms with Crippen LogP contribution in [0.5, 0.6) is 11.5 Å². The minimum atomic E-state index is -4.64. The minimum Gasteiger partial charge on any atom is -0.490 e. The number of benzene rings is 3. The number of pyridine rings is 1. The van der Waals surface area contributed by atoms with Gasteiger partial charge in [-0.2, -0.15) is 17.9 Å². The second-order valence-corrected chi connectivity index (χ2v) is 11.3. The largest absolute Gasteiger partial charge is 0.490 e. The van der Waals surface area contributed by atoms with Crippen molar-refractivity contribution in [2.75, 3.05) is 13.2 Å². The highest BCUT2D eigenvalue weighted by Gasteiger charge is 2.42. The van der Waals surface area contributed by atoms with E-state index >= 15 is 0 Å². The Kier molecular flexibility index (Phi) is 7.57. The first kappa shape index (κ1) is 27.7. The van der Waals surface area contributed by atoms with Crippen LogP contribution in [-0.2, 0) is 28.2 Å². The number of halogens is 3. The molecule has 0 saturated carbocycles. The molecule has 0 bridgehead atoms. The van der Waals surface area contributed by atoms with Crippen LogP contribution in [0, 0.1) is 6.92 Å². The molecule has 5 rings (SSSR count). The van der Waals surface area contributed by atoms with E-state index in [1.54, 1.807) is 42.6 Å². The summed E-state index contributed by atoms with van der Waals surface area (Å²) in [4.78, 5) is 4.41. The maximum absolute atomic E-state index is 14.0. The molecular formula is C30H27F3N2O4S. The molecule has 0 fully saturated rings. The van der Waals surface area contributed by atoms with Gasteiger partial charge in [0.2, 0.25) is 10.0 Å². The lowest BCUT2D eigenvalue weighted by Crippen LogP contribution is -2.49. The molecular weight excluding hydrogens is 541 g/mol. The lowest BCUT2D eigenvalue weighted by molar-refractivity contribution is -0.137. The summed E-state index contributed by atoms with van der Waals surface area (Å²) in [7, 11) is -4.34. The van der Waals surface area contributed by atoms with Gasteiger partial charge in [-0.25, -0.2) is 8.42 Å². The van der Waals surface area contributed by atoms with Crippen molar-refractivity contribution in [3.05, 3.63) is 119 Å². The first-order valence-corrected chi connectivity index (χ1v) is 14.1. The monoisotopic (exact) mass is 568 g/mol. The molecule has 1 aliphatic rings. The fourth-order valence-corrected chi connectivity index (χ4v) is 6.05. The van der Waals surface area contributed by atoms with Crippen molar-refractivity contribution < 1.29 is 31.1 Å². The summed E-state index contributed by atoms with van der Waals surface area (Å²) in [6, 6.07) is 21.3. The van der Waals surface area contributed by atoms with E-state index in [-0.39, 0.29) is 28.3 Å². The van der Waals surface area contributed by atoms with Crippen LogP contribution in [0.1, 0.15) is 34.4 Å². The third kappa shape index (κ3) is 5.83. The van der Waals surface area contributed by atoms with Crippen LogP contribution in [0.3, 0.4) is 0 Å². The van der Waals surface area contributed by atoms with Crippen LogP contribution >= 0.6 is 0 Å². The van der Waals surface area contributed by atoms with Gasteiger partial charge in [0.25, 0.3) is 0 Å². The smallest absolute Gasteiger partial charge is 0.416 e. The van der Waals surface area contributed by atoms with Crippen molar-refractivity contribution in [1.82, 2.24) is 9.71 Å². The van der Waals surface area contributed by atoms with Crippen LogP contribution in [0.25, 0.3) is 0 Å². The van der Waals surface area contributed by atoms with E-state index in [0.29, 0.717) is 30.9 Å². The van der Waals surface area contributed by atoms with E-state index in [9.17, 15) is 21.6 Å². The fraction of sp³-hybridized carbons (Fsp3) is 0.233. The van der Waals surface area contributed by atoms with Gasteiger partial charge in [0, 0.05) is 25.1 Å². The quantitative estimate of drug-likeness (QED) is 0.294. The van der Waals surface area contributed by atoms with Gasteiger partial charge in [-0.15, -0.1) is 0 Å². The zero-order chi connectivity index (χ0) is 28.4. The minimum absolute atomic E-state index is 0.00497. The summed E-state index contributed by atoms with van der Waals surface area (Å²) in [6.45, 7) is 2.62. The molecule has 0 aliphatic carbocycles. The highest BCUT2D eigenvalue weighted by molar-refractivity contribution is 7.89. The number of fused-ring (bicyclic) bond motifs is 1. The molecule has 10 heteroatoms. The molecule has 0 saturated heterocycles. The number of aromatic nitrogens is 1. The lowest BCUT2D eigenvalue weighted by atomic mass is 9.81. The summed E-state index contributed by atoms with van der Waals surface area (Å²) in [5.41, 5.74) is -0.737. The van der Waals surface area contributed by atoms with Crippen molar-refractivity contribution >= 4 is 10.0 Å². The number of sulfonamides is 1. The number of nitrogens with one attached hydrogen (secondary N) is 1. The molecule has 1 unspecified atom stereocenters. The summed E-state index contributed by atoms with van der Waals surface area (Å²) >= 11 is 0. The summed E-state index contributed by atoms with van der Waals surface area (Å²) in [6.07, 6.45) is -2.44. The predicted molar refractivity (Wildman–Crippen MR) is 144 cm³/mol. The van der Waals surface area contributed by atoms with Gasteiger partial charge in [0.05, 0.1) is 29.4 Å². The van der Waals surface area contributed by atoms with E-state index in [0.717, 1.165) is 17.7 Å². The molecule has 2 heterocycles. The Morgan fingerprint density at radius 2 is 1.57 bits per heavy atom. The van der Waals surface area contributed by atoms with E-state index in [2.05, 4.69) is 9.71 Å². The maximum atomic E-state index is 14.0. The highest BCUT2D eigenvalue weighted by Crippen LogP contribution is 2.39. The van der Waals surface area contributed by atoms with Crippen LogP contribution in [0.15, 0.2) is 96.0 Å². The molecule has 40 heavy (non-hydrogen) atoms. The Morgan fingerprint density at radius 3 is 2.27 bits per heavy atom. The van der Waals surface area contributed by atoms with Gasteiger partial charge in [-0.05, 0) is 53.9 Å². The number of ether oxygens (including phenoxy) is 2. The molecule has 3 aromatic carbocycles. The van der Waals surface area contributed by atoms with E-state index in [4.69, 9.17) is 9.47 Å². The zero-order valence-corrected chi connectivity index (χ0v) is 22.4. The molecule has 1 aromatic heterocycles. The van der Waals surface area contributed by atoms with Gasteiger partial charge < -0.3 is 9.47 Å². The van der Waals surface area contributed by atoms with Crippen LogP contribution in [0.2, 0.25) is 0 Å². The van der Waals surface area contributed by atoms with Gasteiger partial charge in [0.15, 0.2) is 11.5 Å². The second-order valence-electron chi connectivity index (χ2n) is 9.63. The summed E-state index contributed by atoms with van der Waals surface area (Å²) in [5.74, 6) is 0.701. The lowest BCUT2D eigenvalue weighted by Gasteiger charge is -2.35. The Balaban J connectivity index is 1.71. The molecule has 0 spiro atoms. The maximum Gasteiger partial charge on any atom is 0.416 e. The Morgan fingerprint density at radius 1 is 0.850 bits per heavy atom. The molecule has 1 atom stereocenters. The van der Waals surface area contributed by atoms with E-state index < -0.39 is 27.3 Å². The number of hydrogen-bond acceptors (Lipinski definition) is 5. The molecule has 6 nitrogen and oxygen atoms in total. The predicted octanol–water partition coefficient (Wildman–Crippen LogP) is 6.03. The van der Waals surface area contributed by atoms with Gasteiger partial charge in [0.1, 0.15) is 5.54 Å². The molecule has 1 N–H and O–H groups in total. The van der Waals surface area contributed by atoms with Crippen LogP contribution in [-0.4, -0.2) is 26.6 Å². The third-order valence-corrected chi connectivity index (χ3v) is 8.17. The number of hydrogen-bond donors (Lipinski definition) is 1. The highest BCUT2D eigenvalue weighted by atomic mass is 32.2. The standard InChI is InChI=1S/C30H27F3N2O4S/c1-21-11-14-28(34-20-21)29(19-22-7-3-2-4-8-22,23-9-5-10-24(17-23)30(31,32)33)35-40(36,37)25-12-13-26-27(18-25)39-16-6-15-38-26/h2-5,7-14,17-18,20,35H,6,15-16,19H2,1H3. The average molecular weight is 569 g/mol. The number of aryl methyl sites for hydroxylation is 1. The van der Waals surface area contributed by atoms with E-state index in [1.165, 1.54) is 30.3 Å². The molecule has 0 amide bonds. The number of nitrogens with zero attached hydrogens (tertiary/aromatic N) is 1. The van der Waals surface area contributed by atoms with Crippen molar-refractivity contribution in [3.63, 3.8) is 0 Å². The van der Waals surface area contributed by atoms with Crippen LogP contribution in [0.4, 0.5) is 13.2 Å². The molecule has 4 aromatic rings. The van der Waals surface area contributed by atoms with Crippen LogP contribution < -0.4 is 14.2 Å². The van der Waals surface area contributed by atoms with Crippen molar-refractivity contribution in [1.29, 1.82) is 0 Å². The molecule has 208 valence electrons. The van der Waals surface area contributed by atoms with Gasteiger partial charge in [-0.3, -0.25) is 4.98 Å². The van der Waals surface area contributed by atoms with Crippen molar-refractivity contribution in [3.8, 4) is 11.5 Å². The summed E-state index contributed by atoms with van der Waals surface area (Å²) in [5, 5.41) is 0.